The predicted molar refractivity (Wildman–Crippen MR) is 53.9 cm³/mol. The van der Waals surface area contributed by atoms with Crippen LogP contribution in [0.2, 0.25) is 0 Å². The zero-order valence-corrected chi connectivity index (χ0v) is 8.50. The van der Waals surface area contributed by atoms with Gasteiger partial charge in [0.1, 0.15) is 0 Å². The molecule has 0 radical (unpaired) electrons. The topological polar surface area (TPSA) is 12.0 Å². The van der Waals surface area contributed by atoms with Crippen LogP contribution in [0.5, 0.6) is 0 Å². The van der Waals surface area contributed by atoms with Crippen LogP contribution in [-0.4, -0.2) is 13.1 Å². The second-order valence-corrected chi connectivity index (χ2v) is 5.13. The highest BCUT2D eigenvalue weighted by Gasteiger charge is 2.18. The van der Waals surface area contributed by atoms with Gasteiger partial charge in [-0.2, -0.15) is 0 Å². The van der Waals surface area contributed by atoms with Crippen LogP contribution in [-0.2, 0) is 6.42 Å². The summed E-state index contributed by atoms with van der Waals surface area (Å²) in [5.41, 5.74) is 1.57. The highest BCUT2D eigenvalue weighted by Crippen LogP contribution is 2.24. The molecule has 0 aromatic carbocycles. The van der Waals surface area contributed by atoms with Gasteiger partial charge >= 0.3 is 0 Å². The van der Waals surface area contributed by atoms with Gasteiger partial charge in [-0.3, -0.25) is 0 Å². The summed E-state index contributed by atoms with van der Waals surface area (Å²) < 4.78 is 0. The first-order chi connectivity index (χ1) is 5.75. The van der Waals surface area contributed by atoms with Crippen LogP contribution in [0.4, 0.5) is 0 Å². The minimum Gasteiger partial charge on any atom is -0.316 e. The van der Waals surface area contributed by atoms with Crippen molar-refractivity contribution in [2.24, 2.45) is 5.92 Å². The molecule has 0 spiro atoms. The molecule has 1 nitrogen and oxygen atoms in total. The van der Waals surface area contributed by atoms with E-state index in [4.69, 9.17) is 0 Å². The predicted octanol–water partition coefficient (Wildman–Crippen LogP) is 2.13. The van der Waals surface area contributed by atoms with Crippen LogP contribution in [0.3, 0.4) is 0 Å². The minimum atomic E-state index is 0.901. The van der Waals surface area contributed by atoms with Crippen molar-refractivity contribution < 1.29 is 0 Å². The number of rotatable bonds is 2. The standard InChI is InChI=1S/C10H15NS/c1-7-3-10(8(2)12-7)4-9-5-11-6-9/h3,9,11H,4-6H2,1-2H3. The highest BCUT2D eigenvalue weighted by molar-refractivity contribution is 7.12. The van der Waals surface area contributed by atoms with Crippen molar-refractivity contribution in [2.75, 3.05) is 13.1 Å². The molecule has 12 heavy (non-hydrogen) atoms. The Labute approximate surface area is 77.8 Å². The summed E-state index contributed by atoms with van der Waals surface area (Å²) in [7, 11) is 0. The van der Waals surface area contributed by atoms with Crippen LogP contribution in [0.1, 0.15) is 15.3 Å². The summed E-state index contributed by atoms with van der Waals surface area (Å²) in [6.07, 6.45) is 1.28. The van der Waals surface area contributed by atoms with E-state index in [9.17, 15) is 0 Å². The van der Waals surface area contributed by atoms with Crippen LogP contribution >= 0.6 is 11.3 Å². The van der Waals surface area contributed by atoms with Gasteiger partial charge in [0.2, 0.25) is 0 Å². The maximum absolute atomic E-state index is 3.31. The summed E-state index contributed by atoms with van der Waals surface area (Å²) in [4.78, 5) is 2.97. The smallest absolute Gasteiger partial charge is 0.00491 e. The Morgan fingerprint density at radius 1 is 1.50 bits per heavy atom. The molecular weight excluding hydrogens is 166 g/mol. The summed E-state index contributed by atoms with van der Waals surface area (Å²) in [6.45, 7) is 6.86. The summed E-state index contributed by atoms with van der Waals surface area (Å²) in [6, 6.07) is 2.35. The molecule has 66 valence electrons. The average molecular weight is 181 g/mol. The van der Waals surface area contributed by atoms with Gasteiger partial charge in [-0.05, 0) is 50.9 Å². The van der Waals surface area contributed by atoms with E-state index in [1.165, 1.54) is 29.3 Å². The quantitative estimate of drug-likeness (QED) is 0.737. The third kappa shape index (κ3) is 1.54. The van der Waals surface area contributed by atoms with Crippen molar-refractivity contribution in [2.45, 2.75) is 20.3 Å². The Bertz CT molecular complexity index is 273. The van der Waals surface area contributed by atoms with Gasteiger partial charge in [0.05, 0.1) is 0 Å². The van der Waals surface area contributed by atoms with Gasteiger partial charge in [0.15, 0.2) is 0 Å². The highest BCUT2D eigenvalue weighted by atomic mass is 32.1. The largest absolute Gasteiger partial charge is 0.316 e. The molecule has 0 unspecified atom stereocenters. The van der Waals surface area contributed by atoms with E-state index < -0.39 is 0 Å². The molecule has 0 amide bonds. The van der Waals surface area contributed by atoms with Crippen LogP contribution < -0.4 is 5.32 Å². The number of hydrogen-bond donors (Lipinski definition) is 1. The zero-order chi connectivity index (χ0) is 8.55. The van der Waals surface area contributed by atoms with E-state index in [1.807, 2.05) is 11.3 Å². The van der Waals surface area contributed by atoms with E-state index in [1.54, 1.807) is 5.56 Å². The lowest BCUT2D eigenvalue weighted by Crippen LogP contribution is -2.43. The van der Waals surface area contributed by atoms with Crippen molar-refractivity contribution in [3.63, 3.8) is 0 Å². The van der Waals surface area contributed by atoms with Crippen molar-refractivity contribution >= 4 is 11.3 Å². The first-order valence-corrected chi connectivity index (χ1v) is 5.34. The van der Waals surface area contributed by atoms with Crippen LogP contribution in [0.25, 0.3) is 0 Å². The fourth-order valence-electron chi connectivity index (χ4n) is 1.69. The molecule has 0 saturated carbocycles. The lowest BCUT2D eigenvalue weighted by atomic mass is 9.95. The Morgan fingerprint density at radius 3 is 2.67 bits per heavy atom. The van der Waals surface area contributed by atoms with Crippen molar-refractivity contribution in [3.8, 4) is 0 Å². The van der Waals surface area contributed by atoms with Gasteiger partial charge in [0.25, 0.3) is 0 Å². The third-order valence-electron chi connectivity index (χ3n) is 2.52. The molecule has 2 rings (SSSR count). The van der Waals surface area contributed by atoms with Gasteiger partial charge in [0, 0.05) is 9.75 Å². The van der Waals surface area contributed by atoms with Crippen LogP contribution in [0, 0.1) is 19.8 Å². The molecule has 0 atom stereocenters. The summed E-state index contributed by atoms with van der Waals surface area (Å²) in [5.74, 6) is 0.901. The molecule has 2 heteroatoms. The fourth-order valence-corrected chi connectivity index (χ4v) is 2.65. The number of nitrogens with one attached hydrogen (secondary N) is 1. The van der Waals surface area contributed by atoms with E-state index >= 15 is 0 Å². The van der Waals surface area contributed by atoms with Gasteiger partial charge < -0.3 is 5.32 Å². The van der Waals surface area contributed by atoms with Crippen LogP contribution in [0.15, 0.2) is 6.07 Å². The average Bonchev–Trinajstić information content (AvgIpc) is 2.21. The molecule has 0 aliphatic carbocycles. The van der Waals surface area contributed by atoms with E-state index in [-0.39, 0.29) is 0 Å². The Hall–Kier alpha value is -0.340. The molecule has 0 bridgehead atoms. The normalized spacial score (nSPS) is 17.8. The zero-order valence-electron chi connectivity index (χ0n) is 7.68. The number of hydrogen-bond acceptors (Lipinski definition) is 2. The van der Waals surface area contributed by atoms with Gasteiger partial charge in [-0.1, -0.05) is 0 Å². The first kappa shape index (κ1) is 8.27. The van der Waals surface area contributed by atoms with Gasteiger partial charge in [-0.25, -0.2) is 0 Å². The third-order valence-corrected chi connectivity index (χ3v) is 3.53. The molecule has 1 aromatic heterocycles. The SMILES string of the molecule is Cc1cc(CC2CNC2)c(C)s1. The lowest BCUT2D eigenvalue weighted by Gasteiger charge is -2.26. The van der Waals surface area contributed by atoms with Crippen molar-refractivity contribution in [1.82, 2.24) is 5.32 Å². The maximum Gasteiger partial charge on any atom is 0.00491 e. The second kappa shape index (κ2) is 3.19. The van der Waals surface area contributed by atoms with E-state index in [0.717, 1.165) is 5.92 Å². The maximum atomic E-state index is 3.31. The molecule has 1 saturated heterocycles. The number of thiophene rings is 1. The monoisotopic (exact) mass is 181 g/mol. The lowest BCUT2D eigenvalue weighted by molar-refractivity contribution is 0.346. The van der Waals surface area contributed by atoms with E-state index in [0.29, 0.717) is 0 Å². The molecule has 1 aromatic rings. The van der Waals surface area contributed by atoms with E-state index in [2.05, 4.69) is 25.2 Å². The number of aryl methyl sites for hydroxylation is 2. The van der Waals surface area contributed by atoms with Crippen molar-refractivity contribution in [1.29, 1.82) is 0 Å². The van der Waals surface area contributed by atoms with Gasteiger partial charge in [-0.15, -0.1) is 11.3 Å². The molecular formula is C10H15NS. The Balaban J connectivity index is 2.05. The van der Waals surface area contributed by atoms with Crippen molar-refractivity contribution in [3.05, 3.63) is 21.4 Å². The molecule has 1 fully saturated rings. The summed E-state index contributed by atoms with van der Waals surface area (Å²) >= 11 is 1.93. The molecule has 2 heterocycles. The molecule has 1 aliphatic heterocycles. The molecule has 1 N–H and O–H groups in total. The molecule has 1 aliphatic rings. The second-order valence-electron chi connectivity index (χ2n) is 3.67. The Kier molecular flexibility index (Phi) is 2.20. The first-order valence-electron chi connectivity index (χ1n) is 4.52. The summed E-state index contributed by atoms with van der Waals surface area (Å²) in [5, 5.41) is 3.31. The fraction of sp³-hybridized carbons (Fsp3) is 0.600. The Morgan fingerprint density at radius 2 is 2.25 bits per heavy atom. The minimum absolute atomic E-state index is 0.901.